The molecule has 0 atom stereocenters. The highest BCUT2D eigenvalue weighted by Gasteiger charge is 2.13. The van der Waals surface area contributed by atoms with Crippen LogP contribution in [0.1, 0.15) is 32.0 Å². The molecule has 0 radical (unpaired) electrons. The molecule has 0 spiro atoms. The van der Waals surface area contributed by atoms with Crippen LogP contribution in [-0.4, -0.2) is 19.7 Å². The fraction of sp³-hybridized carbons (Fsp3) is 0.353. The van der Waals surface area contributed by atoms with E-state index in [1.54, 1.807) is 11.8 Å². The molecule has 0 aliphatic rings. The smallest absolute Gasteiger partial charge is 0.237 e. The summed E-state index contributed by atoms with van der Waals surface area (Å²) in [6, 6.07) is 8.28. The van der Waals surface area contributed by atoms with E-state index in [4.69, 9.17) is 4.52 Å². The van der Waals surface area contributed by atoms with E-state index in [1.165, 1.54) is 0 Å². The second-order valence-corrected chi connectivity index (χ2v) is 7.18. The fourth-order valence-corrected chi connectivity index (χ4v) is 3.58. The van der Waals surface area contributed by atoms with Crippen LogP contribution in [-0.2, 0) is 18.7 Å². The molecule has 5 nitrogen and oxygen atoms in total. The lowest BCUT2D eigenvalue weighted by Crippen LogP contribution is -1.99. The Morgan fingerprint density at radius 3 is 2.71 bits per heavy atom. The van der Waals surface area contributed by atoms with Crippen molar-refractivity contribution in [2.24, 2.45) is 0 Å². The second-order valence-electron chi connectivity index (χ2n) is 5.32. The van der Waals surface area contributed by atoms with Crippen LogP contribution in [0.3, 0.4) is 0 Å². The normalized spacial score (nSPS) is 11.1. The van der Waals surface area contributed by atoms with Gasteiger partial charge in [0.1, 0.15) is 0 Å². The van der Waals surface area contributed by atoms with Crippen LogP contribution in [0.2, 0.25) is 0 Å². The van der Waals surface area contributed by atoms with Crippen molar-refractivity contribution in [1.29, 1.82) is 0 Å². The van der Waals surface area contributed by atoms with E-state index in [0.717, 1.165) is 46.1 Å². The van der Waals surface area contributed by atoms with Crippen LogP contribution in [0.5, 0.6) is 0 Å². The van der Waals surface area contributed by atoms with E-state index in [0.29, 0.717) is 11.6 Å². The fourth-order valence-electron chi connectivity index (χ4n) is 2.43. The third-order valence-corrected chi connectivity index (χ3v) is 5.09. The molecule has 3 rings (SSSR count). The minimum Gasteiger partial charge on any atom is -0.338 e. The van der Waals surface area contributed by atoms with Crippen molar-refractivity contribution in [2.45, 2.75) is 44.1 Å². The van der Waals surface area contributed by atoms with E-state index < -0.39 is 0 Å². The largest absolute Gasteiger partial charge is 0.338 e. The lowest BCUT2D eigenvalue weighted by molar-refractivity contribution is 0.384. The molecule has 2 heterocycles. The molecule has 0 aliphatic carbocycles. The first-order chi connectivity index (χ1) is 11.7. The molecule has 24 heavy (non-hydrogen) atoms. The van der Waals surface area contributed by atoms with Gasteiger partial charge in [0.15, 0.2) is 11.0 Å². The van der Waals surface area contributed by atoms with Crippen LogP contribution in [0.25, 0.3) is 11.3 Å². The average Bonchev–Trinajstić information content (AvgIpc) is 3.20. The van der Waals surface area contributed by atoms with Crippen molar-refractivity contribution in [3.63, 3.8) is 0 Å². The summed E-state index contributed by atoms with van der Waals surface area (Å²) in [7, 11) is 0. The summed E-state index contributed by atoms with van der Waals surface area (Å²) in [4.78, 5) is 8.97. The van der Waals surface area contributed by atoms with Crippen LogP contribution >= 0.6 is 27.7 Å². The first-order valence-corrected chi connectivity index (χ1v) is 9.74. The SMILES string of the molecule is CCCc1noc(CSc2ncc(-c3ccc(Br)cc3)n2CC)n1. The van der Waals surface area contributed by atoms with Crippen LogP contribution in [0, 0.1) is 0 Å². The number of hydrogen-bond acceptors (Lipinski definition) is 5. The molecule has 0 fully saturated rings. The zero-order valence-corrected chi connectivity index (χ0v) is 16.1. The maximum atomic E-state index is 5.29. The van der Waals surface area contributed by atoms with Gasteiger partial charge in [-0.3, -0.25) is 0 Å². The summed E-state index contributed by atoms with van der Waals surface area (Å²) in [5, 5.41) is 4.95. The zero-order chi connectivity index (χ0) is 16.9. The standard InChI is InChI=1S/C17H19BrN4OS/c1-3-5-15-20-16(23-21-15)11-24-17-19-10-14(22(17)4-2)12-6-8-13(18)9-7-12/h6-10H,3-5,11H2,1-2H3. The Morgan fingerprint density at radius 2 is 2.00 bits per heavy atom. The van der Waals surface area contributed by atoms with Gasteiger partial charge < -0.3 is 9.09 Å². The number of thioether (sulfide) groups is 1. The van der Waals surface area contributed by atoms with Crippen molar-refractivity contribution < 1.29 is 4.52 Å². The predicted molar refractivity (Wildman–Crippen MR) is 98.9 cm³/mol. The van der Waals surface area contributed by atoms with Crippen molar-refractivity contribution in [1.82, 2.24) is 19.7 Å². The summed E-state index contributed by atoms with van der Waals surface area (Å²) in [5.41, 5.74) is 2.27. The number of imidazole rings is 1. The maximum Gasteiger partial charge on any atom is 0.237 e. The number of hydrogen-bond donors (Lipinski definition) is 0. The Balaban J connectivity index is 1.75. The molecule has 3 aromatic rings. The summed E-state index contributed by atoms with van der Waals surface area (Å²) in [6.45, 7) is 5.09. The van der Waals surface area contributed by atoms with Gasteiger partial charge in [0.05, 0.1) is 17.6 Å². The molecule has 0 unspecified atom stereocenters. The molecular formula is C17H19BrN4OS. The number of halogens is 1. The van der Waals surface area contributed by atoms with Gasteiger partial charge in [-0.15, -0.1) is 0 Å². The highest BCUT2D eigenvalue weighted by atomic mass is 79.9. The number of benzene rings is 1. The summed E-state index contributed by atoms with van der Waals surface area (Å²) in [6.07, 6.45) is 3.79. The lowest BCUT2D eigenvalue weighted by atomic mass is 10.2. The van der Waals surface area contributed by atoms with Gasteiger partial charge in [-0.1, -0.05) is 51.9 Å². The molecule has 7 heteroatoms. The molecule has 126 valence electrons. The van der Waals surface area contributed by atoms with Gasteiger partial charge in [-0.25, -0.2) is 4.98 Å². The topological polar surface area (TPSA) is 56.7 Å². The molecular weight excluding hydrogens is 388 g/mol. The van der Waals surface area contributed by atoms with Gasteiger partial charge >= 0.3 is 0 Å². The number of aryl methyl sites for hydroxylation is 1. The van der Waals surface area contributed by atoms with Crippen LogP contribution in [0.4, 0.5) is 0 Å². The van der Waals surface area contributed by atoms with Gasteiger partial charge in [-0.05, 0) is 31.0 Å². The Bertz CT molecular complexity index is 797. The van der Waals surface area contributed by atoms with Crippen LogP contribution in [0.15, 0.2) is 44.6 Å². The predicted octanol–water partition coefficient (Wildman–Crippen LogP) is 4.96. The van der Waals surface area contributed by atoms with E-state index in [1.807, 2.05) is 18.3 Å². The first kappa shape index (κ1) is 17.2. The highest BCUT2D eigenvalue weighted by molar-refractivity contribution is 9.10. The van der Waals surface area contributed by atoms with Gasteiger partial charge in [0.25, 0.3) is 0 Å². The van der Waals surface area contributed by atoms with E-state index in [2.05, 4.69) is 61.6 Å². The van der Waals surface area contributed by atoms with Crippen molar-refractivity contribution >= 4 is 27.7 Å². The average molecular weight is 407 g/mol. The van der Waals surface area contributed by atoms with E-state index in [-0.39, 0.29) is 0 Å². The highest BCUT2D eigenvalue weighted by Crippen LogP contribution is 2.28. The Morgan fingerprint density at radius 1 is 1.21 bits per heavy atom. The second kappa shape index (κ2) is 7.98. The Labute approximate surface area is 154 Å². The number of nitrogens with zero attached hydrogens (tertiary/aromatic N) is 4. The lowest BCUT2D eigenvalue weighted by Gasteiger charge is -2.08. The quantitative estimate of drug-likeness (QED) is 0.518. The minimum absolute atomic E-state index is 0.632. The van der Waals surface area contributed by atoms with Crippen molar-refractivity contribution in [3.8, 4) is 11.3 Å². The molecule has 0 saturated heterocycles. The molecule has 2 aromatic heterocycles. The summed E-state index contributed by atoms with van der Waals surface area (Å²) >= 11 is 5.09. The molecule has 0 aliphatic heterocycles. The van der Waals surface area contributed by atoms with Gasteiger partial charge in [0, 0.05) is 17.4 Å². The van der Waals surface area contributed by atoms with Crippen molar-refractivity contribution in [2.75, 3.05) is 0 Å². The van der Waals surface area contributed by atoms with Crippen molar-refractivity contribution in [3.05, 3.63) is 46.7 Å². The Hall–Kier alpha value is -1.60. The molecule has 0 bridgehead atoms. The third kappa shape index (κ3) is 3.89. The van der Waals surface area contributed by atoms with E-state index >= 15 is 0 Å². The summed E-state index contributed by atoms with van der Waals surface area (Å²) in [5.74, 6) is 2.06. The van der Waals surface area contributed by atoms with Gasteiger partial charge in [0.2, 0.25) is 5.89 Å². The van der Waals surface area contributed by atoms with Gasteiger partial charge in [-0.2, -0.15) is 4.98 Å². The first-order valence-electron chi connectivity index (χ1n) is 7.97. The zero-order valence-electron chi connectivity index (χ0n) is 13.7. The maximum absolute atomic E-state index is 5.29. The summed E-state index contributed by atoms with van der Waals surface area (Å²) < 4.78 is 8.57. The molecule has 1 aromatic carbocycles. The van der Waals surface area contributed by atoms with E-state index in [9.17, 15) is 0 Å². The Kier molecular flexibility index (Phi) is 5.73. The third-order valence-electron chi connectivity index (χ3n) is 3.58. The molecule has 0 amide bonds. The molecule has 0 N–H and O–H groups in total. The van der Waals surface area contributed by atoms with Crippen LogP contribution < -0.4 is 0 Å². The number of rotatable bonds is 7. The monoisotopic (exact) mass is 406 g/mol. The minimum atomic E-state index is 0.632. The number of aromatic nitrogens is 4. The molecule has 0 saturated carbocycles.